The summed E-state index contributed by atoms with van der Waals surface area (Å²) in [5, 5.41) is 8.92. The molecule has 34 heavy (non-hydrogen) atoms. The van der Waals surface area contributed by atoms with Gasteiger partial charge in [-0.25, -0.2) is 13.1 Å². The number of amides is 1. The van der Waals surface area contributed by atoms with Gasteiger partial charge in [0.15, 0.2) is 5.82 Å². The zero-order valence-corrected chi connectivity index (χ0v) is 21.2. The molecule has 3 heterocycles. The Morgan fingerprint density at radius 2 is 1.79 bits per heavy atom. The number of rotatable bonds is 9. The molecule has 186 valence electrons. The Balaban J connectivity index is 1.51. The summed E-state index contributed by atoms with van der Waals surface area (Å²) < 4.78 is 28.4. The van der Waals surface area contributed by atoms with Crippen molar-refractivity contribution in [3.05, 3.63) is 41.7 Å². The lowest BCUT2D eigenvalue weighted by molar-refractivity contribution is -0.130. The summed E-state index contributed by atoms with van der Waals surface area (Å²) in [6.07, 6.45) is 5.49. The lowest BCUT2D eigenvalue weighted by Gasteiger charge is -2.37. The van der Waals surface area contributed by atoms with Gasteiger partial charge in [-0.2, -0.15) is 0 Å². The van der Waals surface area contributed by atoms with Gasteiger partial charge in [0.1, 0.15) is 0 Å². The first kappa shape index (κ1) is 24.7. The third-order valence-corrected chi connectivity index (χ3v) is 7.77. The van der Waals surface area contributed by atoms with E-state index in [1.165, 1.54) is 5.56 Å². The minimum absolute atomic E-state index is 0.277. The second-order valence-corrected chi connectivity index (χ2v) is 11.4. The average Bonchev–Trinajstić information content (AvgIpc) is 3.43. The van der Waals surface area contributed by atoms with Crippen molar-refractivity contribution < 1.29 is 13.2 Å². The molecule has 0 bridgehead atoms. The third kappa shape index (κ3) is 5.78. The van der Waals surface area contributed by atoms with Gasteiger partial charge in [-0.3, -0.25) is 9.36 Å². The average molecular weight is 489 g/mol. The van der Waals surface area contributed by atoms with E-state index in [0.717, 1.165) is 57.5 Å². The summed E-state index contributed by atoms with van der Waals surface area (Å²) in [4.78, 5) is 16.4. The number of piperidine rings is 1. The monoisotopic (exact) mass is 488 g/mol. The minimum Gasteiger partial charge on any atom is -0.341 e. The number of aromatic nitrogens is 3. The predicted molar refractivity (Wildman–Crippen MR) is 132 cm³/mol. The molecule has 1 aromatic heterocycles. The van der Waals surface area contributed by atoms with Crippen molar-refractivity contribution in [2.45, 2.75) is 70.5 Å². The highest BCUT2D eigenvalue weighted by molar-refractivity contribution is 7.88. The molecule has 0 radical (unpaired) electrons. The van der Waals surface area contributed by atoms with Crippen LogP contribution in [0.25, 0.3) is 0 Å². The van der Waals surface area contributed by atoms with Crippen molar-refractivity contribution in [1.82, 2.24) is 24.4 Å². The molecule has 1 aromatic carbocycles. The summed E-state index contributed by atoms with van der Waals surface area (Å²) >= 11 is 0. The van der Waals surface area contributed by atoms with E-state index in [0.29, 0.717) is 30.7 Å². The van der Waals surface area contributed by atoms with Gasteiger partial charge in [0.05, 0.1) is 12.3 Å². The van der Waals surface area contributed by atoms with Gasteiger partial charge < -0.3 is 9.80 Å². The Labute approximate surface area is 202 Å². The molecular weight excluding hydrogens is 452 g/mol. The van der Waals surface area contributed by atoms with Crippen LogP contribution < -0.4 is 9.62 Å². The van der Waals surface area contributed by atoms with E-state index in [1.54, 1.807) is 6.92 Å². The zero-order valence-electron chi connectivity index (χ0n) is 20.4. The van der Waals surface area contributed by atoms with E-state index >= 15 is 0 Å². The van der Waals surface area contributed by atoms with Gasteiger partial charge in [0.2, 0.25) is 21.9 Å². The van der Waals surface area contributed by atoms with Crippen molar-refractivity contribution >= 4 is 21.9 Å². The van der Waals surface area contributed by atoms with Crippen LogP contribution in [0.15, 0.2) is 30.3 Å². The van der Waals surface area contributed by atoms with Gasteiger partial charge in [-0.15, -0.1) is 10.2 Å². The number of likely N-dealkylation sites (tertiary alicyclic amines) is 1. The number of nitrogens with zero attached hydrogens (tertiary/aromatic N) is 5. The molecule has 2 fully saturated rings. The van der Waals surface area contributed by atoms with Crippen molar-refractivity contribution in [3.63, 3.8) is 0 Å². The number of carbonyl (C=O) groups is 1. The molecule has 0 aliphatic carbocycles. The molecular formula is C24H36N6O3S. The molecule has 10 heteroatoms. The number of hydrogen-bond acceptors (Lipinski definition) is 6. The maximum absolute atomic E-state index is 12.2. The van der Waals surface area contributed by atoms with Crippen LogP contribution in [0.2, 0.25) is 0 Å². The predicted octanol–water partition coefficient (Wildman–Crippen LogP) is 2.67. The summed E-state index contributed by atoms with van der Waals surface area (Å²) in [6.45, 7) is 7.17. The summed E-state index contributed by atoms with van der Waals surface area (Å²) in [5.74, 6) is 2.02. The number of sulfonamides is 1. The van der Waals surface area contributed by atoms with Crippen LogP contribution in [0.4, 0.5) is 5.95 Å². The van der Waals surface area contributed by atoms with Crippen LogP contribution in [0.5, 0.6) is 0 Å². The lowest BCUT2D eigenvalue weighted by Crippen LogP contribution is -2.46. The normalized spacial score (nSPS) is 19.6. The first-order chi connectivity index (χ1) is 16.2. The Morgan fingerprint density at radius 1 is 1.09 bits per heavy atom. The summed E-state index contributed by atoms with van der Waals surface area (Å²) in [5.41, 5.74) is 1.28. The van der Waals surface area contributed by atoms with Crippen LogP contribution in [0, 0.1) is 0 Å². The van der Waals surface area contributed by atoms with E-state index < -0.39 is 16.1 Å². The highest BCUT2D eigenvalue weighted by atomic mass is 32.2. The molecule has 9 nitrogen and oxygen atoms in total. The van der Waals surface area contributed by atoms with Crippen LogP contribution in [0.3, 0.4) is 0 Å². The minimum atomic E-state index is -3.38. The Hall–Kier alpha value is -2.46. The van der Waals surface area contributed by atoms with Crippen molar-refractivity contribution in [2.24, 2.45) is 0 Å². The van der Waals surface area contributed by atoms with E-state index in [9.17, 15) is 13.2 Å². The fourth-order valence-corrected chi connectivity index (χ4v) is 5.90. The van der Waals surface area contributed by atoms with Crippen LogP contribution in [-0.2, 0) is 21.4 Å². The fraction of sp³-hybridized carbons (Fsp3) is 0.625. The molecule has 2 saturated heterocycles. The Morgan fingerprint density at radius 3 is 2.41 bits per heavy atom. The second kappa shape index (κ2) is 10.4. The first-order valence-electron chi connectivity index (χ1n) is 12.2. The Bertz CT molecular complexity index is 1080. The van der Waals surface area contributed by atoms with E-state index in [2.05, 4.69) is 55.6 Å². The smallest absolute Gasteiger partial charge is 0.227 e. The molecule has 2 aromatic rings. The molecule has 4 rings (SSSR count). The molecule has 1 amide bonds. The third-order valence-electron chi connectivity index (χ3n) is 6.99. The molecule has 0 saturated carbocycles. The lowest BCUT2D eigenvalue weighted by atomic mass is 9.98. The number of anilines is 1. The molecule has 2 unspecified atom stereocenters. The quantitative estimate of drug-likeness (QED) is 0.583. The van der Waals surface area contributed by atoms with Gasteiger partial charge in [0.25, 0.3) is 0 Å². The maximum atomic E-state index is 12.2. The molecule has 1 N–H and O–H groups in total. The SMILES string of the molecule is CC(CCn1c(C(C)NS(C)(=O)=O)nnc1N1CCC(N2CCCC2=O)CC1)c1ccccc1. The van der Waals surface area contributed by atoms with Crippen molar-refractivity contribution in [3.8, 4) is 0 Å². The second-order valence-electron chi connectivity index (χ2n) is 9.63. The maximum Gasteiger partial charge on any atom is 0.227 e. The fourth-order valence-electron chi connectivity index (χ4n) is 5.15. The highest BCUT2D eigenvalue weighted by Crippen LogP contribution is 2.28. The van der Waals surface area contributed by atoms with Crippen LogP contribution in [0.1, 0.15) is 69.3 Å². The topological polar surface area (TPSA) is 100 Å². The van der Waals surface area contributed by atoms with E-state index in [1.807, 2.05) is 11.0 Å². The molecule has 2 aliphatic heterocycles. The highest BCUT2D eigenvalue weighted by Gasteiger charge is 2.32. The first-order valence-corrected chi connectivity index (χ1v) is 14.1. The number of carbonyl (C=O) groups excluding carboxylic acids is 1. The van der Waals surface area contributed by atoms with Crippen LogP contribution >= 0.6 is 0 Å². The van der Waals surface area contributed by atoms with Crippen molar-refractivity contribution in [2.75, 3.05) is 30.8 Å². The summed E-state index contributed by atoms with van der Waals surface area (Å²) in [7, 11) is -3.38. The molecule has 2 aliphatic rings. The van der Waals surface area contributed by atoms with E-state index in [4.69, 9.17) is 0 Å². The number of nitrogens with one attached hydrogen (secondary N) is 1. The standard InChI is InChI=1S/C24H36N6O3S/c1-18(20-8-5-4-6-9-20)11-17-30-23(19(2)27-34(3,32)33)25-26-24(30)28-15-12-21(13-16-28)29-14-7-10-22(29)31/h4-6,8-9,18-19,21,27H,7,10-17H2,1-3H3. The summed E-state index contributed by atoms with van der Waals surface area (Å²) in [6, 6.07) is 10.2. The Kier molecular flexibility index (Phi) is 7.57. The molecule has 0 spiro atoms. The van der Waals surface area contributed by atoms with Gasteiger partial charge in [-0.05, 0) is 44.1 Å². The van der Waals surface area contributed by atoms with Gasteiger partial charge in [0, 0.05) is 38.6 Å². The van der Waals surface area contributed by atoms with Crippen LogP contribution in [-0.4, -0.2) is 65.9 Å². The van der Waals surface area contributed by atoms with Gasteiger partial charge in [-0.1, -0.05) is 37.3 Å². The zero-order chi connectivity index (χ0) is 24.3. The number of benzene rings is 1. The van der Waals surface area contributed by atoms with Crippen molar-refractivity contribution in [1.29, 1.82) is 0 Å². The largest absolute Gasteiger partial charge is 0.341 e. The van der Waals surface area contributed by atoms with E-state index in [-0.39, 0.29) is 5.91 Å². The van der Waals surface area contributed by atoms with Gasteiger partial charge >= 0.3 is 0 Å². The molecule has 2 atom stereocenters. The number of hydrogen-bond donors (Lipinski definition) is 1.